The van der Waals surface area contributed by atoms with E-state index in [2.05, 4.69) is 42.7 Å². The average molecular weight is 467 g/mol. The largest absolute Gasteiger partial charge is 0.287 e. The van der Waals surface area contributed by atoms with Crippen molar-refractivity contribution in [2.75, 3.05) is 4.90 Å². The summed E-state index contributed by atoms with van der Waals surface area (Å²) in [5.41, 5.74) is 6.07. The summed E-state index contributed by atoms with van der Waals surface area (Å²) in [6, 6.07) is 13.0. The molecule has 0 aromatic heterocycles. The number of carbonyl (C=O) groups is 3. The number of nitrogens with zero attached hydrogens (tertiary/aromatic N) is 1. The van der Waals surface area contributed by atoms with Crippen molar-refractivity contribution in [3.63, 3.8) is 0 Å². The Morgan fingerprint density at radius 1 is 1.04 bits per heavy atom. The van der Waals surface area contributed by atoms with Gasteiger partial charge in [0.25, 0.3) is 11.8 Å². The van der Waals surface area contributed by atoms with Crippen molar-refractivity contribution in [1.29, 1.82) is 0 Å². The molecule has 8 heteroatoms. The maximum absolute atomic E-state index is 12.5. The number of halogens is 2. The Morgan fingerprint density at radius 2 is 1.72 bits per heavy atom. The molecule has 1 atom stereocenters. The third kappa shape index (κ3) is 3.81. The van der Waals surface area contributed by atoms with E-state index < -0.39 is 17.9 Å². The molecule has 0 saturated carbocycles. The second-order valence-electron chi connectivity index (χ2n) is 5.38. The molecule has 0 radical (unpaired) electrons. The summed E-state index contributed by atoms with van der Waals surface area (Å²) in [7, 11) is 0. The van der Waals surface area contributed by atoms with E-state index in [0.29, 0.717) is 15.7 Å². The molecule has 1 fully saturated rings. The van der Waals surface area contributed by atoms with E-state index in [1.54, 1.807) is 48.5 Å². The first-order valence-corrected chi connectivity index (χ1v) is 8.99. The molecule has 3 rings (SSSR count). The van der Waals surface area contributed by atoms with Crippen LogP contribution in [-0.2, 0) is 9.59 Å². The monoisotopic (exact) mass is 465 g/mol. The summed E-state index contributed by atoms with van der Waals surface area (Å²) in [4.78, 5) is 38.0. The number of benzene rings is 2. The molecule has 25 heavy (non-hydrogen) atoms. The van der Waals surface area contributed by atoms with Gasteiger partial charge in [-0.25, -0.2) is 10.3 Å². The van der Waals surface area contributed by atoms with Crippen LogP contribution in [0.5, 0.6) is 0 Å². The molecule has 0 spiro atoms. The third-order valence-electron chi connectivity index (χ3n) is 3.71. The van der Waals surface area contributed by atoms with Crippen LogP contribution in [0, 0.1) is 0 Å². The molecule has 0 bridgehead atoms. The first-order chi connectivity index (χ1) is 12.0. The summed E-state index contributed by atoms with van der Waals surface area (Å²) in [6.45, 7) is 0. The first kappa shape index (κ1) is 17.8. The summed E-state index contributed by atoms with van der Waals surface area (Å²) in [6.07, 6.45) is -0.0227. The second kappa shape index (κ2) is 7.47. The molecule has 2 aromatic rings. The van der Waals surface area contributed by atoms with E-state index in [4.69, 9.17) is 0 Å². The molecule has 3 amide bonds. The molecule has 0 unspecified atom stereocenters. The van der Waals surface area contributed by atoms with Gasteiger partial charge in [-0.3, -0.25) is 19.8 Å². The van der Waals surface area contributed by atoms with Gasteiger partial charge in [0.15, 0.2) is 0 Å². The van der Waals surface area contributed by atoms with Crippen LogP contribution in [-0.4, -0.2) is 23.8 Å². The number of carbonyl (C=O) groups excluding carboxylic acids is 3. The van der Waals surface area contributed by atoms with Crippen LogP contribution >= 0.6 is 31.9 Å². The van der Waals surface area contributed by atoms with E-state index in [9.17, 15) is 14.4 Å². The van der Waals surface area contributed by atoms with Gasteiger partial charge in [0.05, 0.1) is 17.7 Å². The summed E-state index contributed by atoms with van der Waals surface area (Å²) in [5, 5.41) is 0. The van der Waals surface area contributed by atoms with Gasteiger partial charge in [-0.1, -0.05) is 28.1 Å². The van der Waals surface area contributed by atoms with Gasteiger partial charge in [-0.15, -0.1) is 0 Å². The zero-order valence-electron chi connectivity index (χ0n) is 12.8. The normalized spacial score (nSPS) is 17.0. The molecule has 1 saturated heterocycles. The molecule has 2 N–H and O–H groups in total. The molecule has 1 aliphatic rings. The van der Waals surface area contributed by atoms with Crippen LogP contribution in [0.25, 0.3) is 0 Å². The number of anilines is 1. The van der Waals surface area contributed by atoms with E-state index in [0.717, 1.165) is 9.37 Å². The van der Waals surface area contributed by atoms with Crippen LogP contribution < -0.4 is 15.8 Å². The molecular formula is C17H13Br2N3O3. The zero-order chi connectivity index (χ0) is 18.0. The Morgan fingerprint density at radius 3 is 2.40 bits per heavy atom. The van der Waals surface area contributed by atoms with Crippen molar-refractivity contribution in [3.8, 4) is 0 Å². The first-order valence-electron chi connectivity index (χ1n) is 7.40. The van der Waals surface area contributed by atoms with Gasteiger partial charge in [0, 0.05) is 8.95 Å². The van der Waals surface area contributed by atoms with Crippen molar-refractivity contribution < 1.29 is 14.4 Å². The molecule has 1 aliphatic heterocycles. The Hall–Kier alpha value is -2.03. The smallest absolute Gasteiger partial charge is 0.266 e. The molecule has 6 nitrogen and oxygen atoms in total. The van der Waals surface area contributed by atoms with E-state index >= 15 is 0 Å². The number of imide groups is 1. The van der Waals surface area contributed by atoms with E-state index in [1.165, 1.54) is 0 Å². The zero-order valence-corrected chi connectivity index (χ0v) is 16.0. The number of nitrogens with one attached hydrogen (secondary N) is 2. The van der Waals surface area contributed by atoms with E-state index in [-0.39, 0.29) is 12.3 Å². The van der Waals surface area contributed by atoms with Crippen LogP contribution in [0.4, 0.5) is 5.69 Å². The van der Waals surface area contributed by atoms with Gasteiger partial charge < -0.3 is 0 Å². The molecule has 1 heterocycles. The Bertz CT molecular complexity index is 839. The standard InChI is InChI=1S/C17H13Br2N3O3/c18-10-5-7-11(8-6-10)22-15(23)9-14(17(22)25)20-21-16(24)12-3-1-2-4-13(12)19/h1-8,14,20H,9H2,(H,21,24)/t14-/m0/s1. The van der Waals surface area contributed by atoms with Crippen molar-refractivity contribution in [2.45, 2.75) is 12.5 Å². The van der Waals surface area contributed by atoms with Gasteiger partial charge >= 0.3 is 0 Å². The van der Waals surface area contributed by atoms with Gasteiger partial charge in [0.1, 0.15) is 6.04 Å². The second-order valence-corrected chi connectivity index (χ2v) is 7.15. The van der Waals surface area contributed by atoms with Gasteiger partial charge in [-0.2, -0.15) is 0 Å². The maximum atomic E-state index is 12.5. The molecule has 0 aliphatic carbocycles. The predicted octanol–water partition coefficient (Wildman–Crippen LogP) is 2.78. The lowest BCUT2D eigenvalue weighted by molar-refractivity contribution is -0.121. The number of rotatable bonds is 4. The van der Waals surface area contributed by atoms with Crippen molar-refractivity contribution in [2.24, 2.45) is 0 Å². The van der Waals surface area contributed by atoms with E-state index in [1.807, 2.05) is 0 Å². The molecule has 128 valence electrons. The van der Waals surface area contributed by atoms with Gasteiger partial charge in [-0.05, 0) is 52.3 Å². The number of amides is 3. The third-order valence-corrected chi connectivity index (χ3v) is 4.93. The lowest BCUT2D eigenvalue weighted by Crippen LogP contribution is -2.48. The Balaban J connectivity index is 1.67. The minimum Gasteiger partial charge on any atom is -0.287 e. The summed E-state index contributed by atoms with van der Waals surface area (Å²) < 4.78 is 1.49. The molecular weight excluding hydrogens is 454 g/mol. The van der Waals surface area contributed by atoms with Crippen LogP contribution in [0.15, 0.2) is 57.5 Å². The quantitative estimate of drug-likeness (QED) is 0.536. The average Bonchev–Trinajstić information content (AvgIpc) is 2.88. The Kier molecular flexibility index (Phi) is 5.31. The van der Waals surface area contributed by atoms with Crippen molar-refractivity contribution in [1.82, 2.24) is 10.9 Å². The van der Waals surface area contributed by atoms with Gasteiger partial charge in [0.2, 0.25) is 5.91 Å². The fraction of sp³-hybridized carbons (Fsp3) is 0.118. The topological polar surface area (TPSA) is 78.5 Å². The SMILES string of the molecule is O=C(NN[C@H]1CC(=O)N(c2ccc(Br)cc2)C1=O)c1ccccc1Br. The van der Waals surface area contributed by atoms with Crippen LogP contribution in [0.2, 0.25) is 0 Å². The highest BCUT2D eigenvalue weighted by molar-refractivity contribution is 9.10. The lowest BCUT2D eigenvalue weighted by Gasteiger charge is -2.16. The molecule has 2 aromatic carbocycles. The highest BCUT2D eigenvalue weighted by atomic mass is 79.9. The predicted molar refractivity (Wildman–Crippen MR) is 99.8 cm³/mol. The van der Waals surface area contributed by atoms with Crippen LogP contribution in [0.1, 0.15) is 16.8 Å². The Labute approximate surface area is 160 Å². The lowest BCUT2D eigenvalue weighted by atomic mass is 10.2. The minimum atomic E-state index is -0.803. The maximum Gasteiger partial charge on any atom is 0.266 e. The highest BCUT2D eigenvalue weighted by Gasteiger charge is 2.39. The fourth-order valence-electron chi connectivity index (χ4n) is 2.47. The van der Waals surface area contributed by atoms with Crippen molar-refractivity contribution >= 4 is 55.3 Å². The number of hydrogen-bond acceptors (Lipinski definition) is 4. The summed E-state index contributed by atoms with van der Waals surface area (Å²) in [5.74, 6) is -1.12. The number of hydrazine groups is 1. The minimum absolute atomic E-state index is 0.0227. The fourth-order valence-corrected chi connectivity index (χ4v) is 3.20. The van der Waals surface area contributed by atoms with Crippen LogP contribution in [0.3, 0.4) is 0 Å². The number of hydrogen-bond donors (Lipinski definition) is 2. The summed E-state index contributed by atoms with van der Waals surface area (Å²) >= 11 is 6.61. The van der Waals surface area contributed by atoms with Crippen molar-refractivity contribution in [3.05, 3.63) is 63.0 Å². The highest BCUT2D eigenvalue weighted by Crippen LogP contribution is 2.24.